The average Bonchev–Trinajstić information content (AvgIpc) is 2.88. The summed E-state index contributed by atoms with van der Waals surface area (Å²) in [4.78, 5) is 14.8. The van der Waals surface area contributed by atoms with Gasteiger partial charge in [0.15, 0.2) is 0 Å². The van der Waals surface area contributed by atoms with E-state index in [0.717, 1.165) is 50.7 Å². The van der Waals surface area contributed by atoms with Gasteiger partial charge >= 0.3 is 5.97 Å². The van der Waals surface area contributed by atoms with E-state index in [1.165, 1.54) is 38.5 Å². The first-order valence-electron chi connectivity index (χ1n) is 10.7. The molecule has 7 atom stereocenters. The van der Waals surface area contributed by atoms with Crippen LogP contribution in [0.5, 0.6) is 0 Å². The van der Waals surface area contributed by atoms with Crippen LogP contribution >= 0.6 is 0 Å². The van der Waals surface area contributed by atoms with E-state index >= 15 is 0 Å². The highest BCUT2D eigenvalue weighted by Crippen LogP contribution is 2.54. The second-order valence-corrected chi connectivity index (χ2v) is 9.17. The van der Waals surface area contributed by atoms with E-state index in [1.54, 1.807) is 0 Å². The summed E-state index contributed by atoms with van der Waals surface area (Å²) in [7, 11) is 0. The van der Waals surface area contributed by atoms with Gasteiger partial charge in [0.25, 0.3) is 0 Å². The van der Waals surface area contributed by atoms with Crippen LogP contribution in [0.15, 0.2) is 0 Å². The van der Waals surface area contributed by atoms with Gasteiger partial charge in [0.2, 0.25) is 0 Å². The maximum Gasteiger partial charge on any atom is 0.309 e. The molecule has 2 saturated carbocycles. The molecule has 0 aromatic rings. The van der Waals surface area contributed by atoms with Crippen molar-refractivity contribution >= 4 is 5.97 Å². The van der Waals surface area contributed by atoms with Crippen LogP contribution < -0.4 is 0 Å². The number of carbonyl (C=O) groups excluding carboxylic acids is 1. The molecule has 0 spiro atoms. The monoisotopic (exact) mass is 349 g/mol. The fourth-order valence-electron chi connectivity index (χ4n) is 6.63. The Kier molecular flexibility index (Phi) is 5.38. The predicted molar refractivity (Wildman–Crippen MR) is 97.0 cm³/mol. The highest BCUT2D eigenvalue weighted by molar-refractivity contribution is 5.75. The quantitative estimate of drug-likeness (QED) is 0.792. The molecule has 4 heteroatoms. The van der Waals surface area contributed by atoms with Gasteiger partial charge in [0.05, 0.1) is 12.0 Å². The van der Waals surface area contributed by atoms with Crippen molar-refractivity contribution in [1.29, 1.82) is 0 Å². The molecule has 4 aliphatic rings. The third-order valence-electron chi connectivity index (χ3n) is 7.67. The summed E-state index contributed by atoms with van der Waals surface area (Å²) in [5.41, 5.74) is 0. The van der Waals surface area contributed by atoms with Crippen molar-refractivity contribution in [2.75, 3.05) is 19.6 Å². The summed E-state index contributed by atoms with van der Waals surface area (Å²) in [6, 6.07) is 0. The van der Waals surface area contributed by atoms with Crippen LogP contribution in [0.4, 0.5) is 0 Å². The van der Waals surface area contributed by atoms with Gasteiger partial charge in [-0.2, -0.15) is 0 Å². The van der Waals surface area contributed by atoms with Crippen molar-refractivity contribution in [1.82, 2.24) is 4.90 Å². The molecule has 0 aromatic carbocycles. The van der Waals surface area contributed by atoms with Gasteiger partial charge < -0.3 is 14.7 Å². The van der Waals surface area contributed by atoms with Crippen molar-refractivity contribution < 1.29 is 14.6 Å². The maximum atomic E-state index is 12.3. The topological polar surface area (TPSA) is 49.8 Å². The van der Waals surface area contributed by atoms with Crippen molar-refractivity contribution in [3.8, 4) is 0 Å². The SMILES string of the molecule is C[C@@H]1OC(=O)[C@H]2C[C@H]3CCCC[C@@H]3[C@@H](CCCN3CCCC(O)C3)[C@@H]12. The first-order valence-corrected chi connectivity index (χ1v) is 10.7. The standard InChI is InChI=1S/C21H35NO3/c1-14-20-18(9-5-11-22-10-4-7-16(23)13-22)17-8-3-2-6-15(17)12-19(20)21(24)25-14/h14-20,23H,2-13H2,1H3/t14-,15+,16?,17-,18+,19-,20+/m0/s1. The average molecular weight is 350 g/mol. The van der Waals surface area contributed by atoms with Crippen LogP contribution in [0, 0.1) is 29.6 Å². The Hall–Kier alpha value is -0.610. The van der Waals surface area contributed by atoms with E-state index < -0.39 is 0 Å². The van der Waals surface area contributed by atoms with E-state index in [4.69, 9.17) is 4.74 Å². The lowest BCUT2D eigenvalue weighted by Gasteiger charge is -2.47. The molecule has 4 fully saturated rings. The number of rotatable bonds is 4. The third-order valence-corrected chi connectivity index (χ3v) is 7.67. The Morgan fingerprint density at radius 2 is 2.04 bits per heavy atom. The third kappa shape index (κ3) is 3.62. The molecule has 25 heavy (non-hydrogen) atoms. The predicted octanol–water partition coefficient (Wildman–Crippen LogP) is 3.23. The van der Waals surface area contributed by atoms with E-state index in [9.17, 15) is 9.90 Å². The first-order chi connectivity index (χ1) is 12.1. The number of carbonyl (C=O) groups is 1. The minimum Gasteiger partial charge on any atom is -0.462 e. The zero-order valence-electron chi connectivity index (χ0n) is 15.7. The molecule has 0 amide bonds. The Morgan fingerprint density at radius 3 is 2.88 bits per heavy atom. The molecule has 2 heterocycles. The summed E-state index contributed by atoms with van der Waals surface area (Å²) < 4.78 is 5.67. The molecule has 142 valence electrons. The zero-order valence-corrected chi connectivity index (χ0v) is 15.7. The lowest BCUT2D eigenvalue weighted by Crippen LogP contribution is -2.44. The van der Waals surface area contributed by atoms with Crippen LogP contribution in [-0.2, 0) is 9.53 Å². The van der Waals surface area contributed by atoms with Gasteiger partial charge in [-0.1, -0.05) is 19.3 Å². The number of hydrogen-bond donors (Lipinski definition) is 1. The lowest BCUT2D eigenvalue weighted by molar-refractivity contribution is -0.144. The molecule has 4 nitrogen and oxygen atoms in total. The number of hydrogen-bond acceptors (Lipinski definition) is 4. The minimum absolute atomic E-state index is 0.0886. The summed E-state index contributed by atoms with van der Waals surface area (Å²) in [5, 5.41) is 9.87. The minimum atomic E-state index is -0.128. The summed E-state index contributed by atoms with van der Waals surface area (Å²) in [6.07, 6.45) is 11.0. The number of aliphatic hydroxyl groups excluding tert-OH is 1. The Labute approximate surface area is 152 Å². The second kappa shape index (κ2) is 7.56. The Balaban J connectivity index is 1.40. The number of aliphatic hydroxyl groups is 1. The molecule has 0 aromatic heterocycles. The first kappa shape index (κ1) is 17.8. The normalized spacial score (nSPS) is 44.9. The fraction of sp³-hybridized carbons (Fsp3) is 0.952. The molecule has 2 aliphatic heterocycles. The Morgan fingerprint density at radius 1 is 1.20 bits per heavy atom. The number of β-amino-alcohol motifs (C(OH)–C–C–N with tert-alkyl or cyclic N) is 1. The van der Waals surface area contributed by atoms with Crippen LogP contribution in [0.1, 0.15) is 64.7 Å². The zero-order chi connectivity index (χ0) is 17.4. The number of nitrogens with zero attached hydrogens (tertiary/aromatic N) is 1. The van der Waals surface area contributed by atoms with Gasteiger partial charge in [0, 0.05) is 12.5 Å². The van der Waals surface area contributed by atoms with Crippen LogP contribution in [0.2, 0.25) is 0 Å². The molecule has 0 radical (unpaired) electrons. The van der Waals surface area contributed by atoms with E-state index in [2.05, 4.69) is 11.8 Å². The molecular weight excluding hydrogens is 314 g/mol. The van der Waals surface area contributed by atoms with Gasteiger partial charge in [-0.25, -0.2) is 0 Å². The number of likely N-dealkylation sites (tertiary alicyclic amines) is 1. The molecular formula is C21H35NO3. The largest absolute Gasteiger partial charge is 0.462 e. The van der Waals surface area contributed by atoms with Gasteiger partial charge in [0.1, 0.15) is 6.10 Å². The Bertz CT molecular complexity index is 482. The molecule has 1 unspecified atom stereocenters. The molecule has 2 saturated heterocycles. The summed E-state index contributed by atoms with van der Waals surface area (Å²) >= 11 is 0. The van der Waals surface area contributed by atoms with E-state index in [1.807, 2.05) is 0 Å². The van der Waals surface area contributed by atoms with Gasteiger partial charge in [-0.15, -0.1) is 0 Å². The van der Waals surface area contributed by atoms with Gasteiger partial charge in [-0.05, 0) is 76.3 Å². The molecule has 1 N–H and O–H groups in total. The van der Waals surface area contributed by atoms with Crippen molar-refractivity contribution in [2.45, 2.75) is 76.9 Å². The maximum absolute atomic E-state index is 12.3. The van der Waals surface area contributed by atoms with E-state index in [-0.39, 0.29) is 24.1 Å². The highest BCUT2D eigenvalue weighted by Gasteiger charge is 2.54. The lowest BCUT2D eigenvalue weighted by atomic mass is 9.56. The van der Waals surface area contributed by atoms with Crippen molar-refractivity contribution in [3.63, 3.8) is 0 Å². The van der Waals surface area contributed by atoms with Crippen LogP contribution in [0.3, 0.4) is 0 Å². The number of esters is 1. The van der Waals surface area contributed by atoms with Gasteiger partial charge in [-0.3, -0.25) is 4.79 Å². The second-order valence-electron chi connectivity index (χ2n) is 9.17. The summed E-state index contributed by atoms with van der Waals surface area (Å²) in [5.74, 6) is 2.97. The molecule has 2 aliphatic carbocycles. The van der Waals surface area contributed by atoms with Crippen molar-refractivity contribution in [2.24, 2.45) is 29.6 Å². The van der Waals surface area contributed by atoms with E-state index in [0.29, 0.717) is 11.8 Å². The number of cyclic esters (lactones) is 1. The smallest absolute Gasteiger partial charge is 0.309 e. The number of ether oxygens (including phenoxy) is 1. The molecule has 4 rings (SSSR count). The van der Waals surface area contributed by atoms with Crippen LogP contribution in [-0.4, -0.2) is 47.8 Å². The van der Waals surface area contributed by atoms with Crippen LogP contribution in [0.25, 0.3) is 0 Å². The van der Waals surface area contributed by atoms with Crippen molar-refractivity contribution in [3.05, 3.63) is 0 Å². The molecule has 0 bridgehead atoms. The highest BCUT2D eigenvalue weighted by atomic mass is 16.6. The number of piperidine rings is 1. The summed E-state index contributed by atoms with van der Waals surface area (Å²) in [6.45, 7) is 5.21. The number of fused-ring (bicyclic) bond motifs is 2. The fourth-order valence-corrected chi connectivity index (χ4v) is 6.63.